The Kier molecular flexibility index (Phi) is 5.62. The molecule has 0 radical (unpaired) electrons. The van der Waals surface area contributed by atoms with Crippen LogP contribution in [0.2, 0.25) is 0 Å². The Morgan fingerprint density at radius 1 is 1.06 bits per heavy atom. The second-order valence-corrected chi connectivity index (χ2v) is 8.33. The van der Waals surface area contributed by atoms with Gasteiger partial charge in [-0.15, -0.1) is 0 Å². The van der Waals surface area contributed by atoms with E-state index in [-0.39, 0.29) is 18.6 Å². The Labute approximate surface area is 187 Å². The van der Waals surface area contributed by atoms with Crippen LogP contribution in [0.25, 0.3) is 11.1 Å². The molecule has 0 unspecified atom stereocenters. The molecule has 0 aliphatic carbocycles. The Hall–Kier alpha value is -3.61. The van der Waals surface area contributed by atoms with Gasteiger partial charge in [-0.1, -0.05) is 35.9 Å². The average Bonchev–Trinajstić information content (AvgIpc) is 3.31. The lowest BCUT2D eigenvalue weighted by atomic mass is 9.97. The number of carbonyl (C=O) groups excluding carboxylic acids is 1. The number of benzene rings is 2. The largest absolute Gasteiger partial charge is 0.454 e. The van der Waals surface area contributed by atoms with Gasteiger partial charge in [0.2, 0.25) is 18.6 Å². The fourth-order valence-corrected chi connectivity index (χ4v) is 4.14. The predicted octanol–water partition coefficient (Wildman–Crippen LogP) is 3.71. The zero-order chi connectivity index (χ0) is 21.9. The topological polar surface area (TPSA) is 76.6 Å². The monoisotopic (exact) mass is 430 g/mol. The summed E-state index contributed by atoms with van der Waals surface area (Å²) in [5.74, 6) is 2.12. The third kappa shape index (κ3) is 4.37. The highest BCUT2D eigenvalue weighted by atomic mass is 16.7. The summed E-state index contributed by atoms with van der Waals surface area (Å²) in [6.45, 7) is 4.26. The second-order valence-electron chi connectivity index (χ2n) is 8.33. The molecule has 0 saturated carbocycles. The van der Waals surface area contributed by atoms with Crippen LogP contribution in [-0.2, 0) is 11.3 Å². The van der Waals surface area contributed by atoms with Crippen molar-refractivity contribution in [3.05, 3.63) is 66.0 Å². The van der Waals surface area contributed by atoms with Crippen molar-refractivity contribution in [2.24, 2.45) is 5.92 Å². The van der Waals surface area contributed by atoms with E-state index in [4.69, 9.17) is 9.47 Å². The van der Waals surface area contributed by atoms with Gasteiger partial charge in [0, 0.05) is 37.6 Å². The van der Waals surface area contributed by atoms with Gasteiger partial charge in [-0.05, 0) is 43.0 Å². The first-order valence-corrected chi connectivity index (χ1v) is 11.0. The lowest BCUT2D eigenvalue weighted by Gasteiger charge is -2.32. The molecule has 3 aromatic rings. The summed E-state index contributed by atoms with van der Waals surface area (Å²) in [6, 6.07) is 14.1. The van der Waals surface area contributed by atoms with E-state index in [1.54, 1.807) is 0 Å². The van der Waals surface area contributed by atoms with E-state index >= 15 is 0 Å². The van der Waals surface area contributed by atoms with Gasteiger partial charge < -0.3 is 19.7 Å². The molecule has 1 atom stereocenters. The van der Waals surface area contributed by atoms with Gasteiger partial charge in [0.25, 0.3) is 0 Å². The SMILES string of the molecule is Cc1ccc(-c2cnc(N3CCC[C@@H](C(=O)NCc4ccc5c(c4)OCO5)C3)nc2)cc1. The van der Waals surface area contributed by atoms with Crippen LogP contribution in [0.4, 0.5) is 5.95 Å². The van der Waals surface area contributed by atoms with Gasteiger partial charge in [-0.25, -0.2) is 9.97 Å². The average molecular weight is 431 g/mol. The van der Waals surface area contributed by atoms with E-state index < -0.39 is 0 Å². The van der Waals surface area contributed by atoms with Crippen molar-refractivity contribution in [3.63, 3.8) is 0 Å². The van der Waals surface area contributed by atoms with Crippen molar-refractivity contribution in [3.8, 4) is 22.6 Å². The molecule has 0 spiro atoms. The van der Waals surface area contributed by atoms with Gasteiger partial charge in [0.15, 0.2) is 11.5 Å². The summed E-state index contributed by atoms with van der Waals surface area (Å²) in [5, 5.41) is 3.06. The molecule has 5 rings (SSSR count). The molecule has 3 heterocycles. The summed E-state index contributed by atoms with van der Waals surface area (Å²) in [4.78, 5) is 24.1. The number of hydrogen-bond acceptors (Lipinski definition) is 6. The number of piperidine rings is 1. The first-order chi connectivity index (χ1) is 15.7. The number of amides is 1. The number of hydrogen-bond donors (Lipinski definition) is 1. The van der Waals surface area contributed by atoms with Crippen molar-refractivity contribution in [1.29, 1.82) is 0 Å². The van der Waals surface area contributed by atoms with Crippen LogP contribution in [-0.4, -0.2) is 35.8 Å². The molecule has 32 heavy (non-hydrogen) atoms. The summed E-state index contributed by atoms with van der Waals surface area (Å²) in [5.41, 5.74) is 4.30. The fourth-order valence-electron chi connectivity index (χ4n) is 4.14. The molecule has 2 aromatic carbocycles. The maximum Gasteiger partial charge on any atom is 0.231 e. The summed E-state index contributed by atoms with van der Waals surface area (Å²) in [7, 11) is 0. The Morgan fingerprint density at radius 2 is 1.84 bits per heavy atom. The van der Waals surface area contributed by atoms with Crippen LogP contribution in [0, 0.1) is 12.8 Å². The number of nitrogens with one attached hydrogen (secondary N) is 1. The summed E-state index contributed by atoms with van der Waals surface area (Å²) in [6.07, 6.45) is 5.52. The Balaban J connectivity index is 1.19. The highest BCUT2D eigenvalue weighted by Crippen LogP contribution is 2.32. The minimum atomic E-state index is -0.0851. The van der Waals surface area contributed by atoms with E-state index in [1.165, 1.54) is 5.56 Å². The molecule has 0 bridgehead atoms. The Morgan fingerprint density at radius 3 is 2.66 bits per heavy atom. The van der Waals surface area contributed by atoms with E-state index in [0.29, 0.717) is 19.0 Å². The normalized spacial score (nSPS) is 17.3. The molecule has 164 valence electrons. The summed E-state index contributed by atoms with van der Waals surface area (Å²) >= 11 is 0. The van der Waals surface area contributed by atoms with Crippen LogP contribution < -0.4 is 19.7 Å². The van der Waals surface area contributed by atoms with Crippen LogP contribution in [0.15, 0.2) is 54.9 Å². The molecule has 2 aliphatic rings. The Bertz CT molecular complexity index is 1100. The fraction of sp³-hybridized carbons (Fsp3) is 0.320. The minimum Gasteiger partial charge on any atom is -0.454 e. The zero-order valence-electron chi connectivity index (χ0n) is 18.1. The van der Waals surface area contributed by atoms with Crippen molar-refractivity contribution in [1.82, 2.24) is 15.3 Å². The molecular weight excluding hydrogens is 404 g/mol. The number of nitrogens with zero attached hydrogens (tertiary/aromatic N) is 3. The minimum absolute atomic E-state index is 0.0589. The van der Waals surface area contributed by atoms with Crippen molar-refractivity contribution < 1.29 is 14.3 Å². The van der Waals surface area contributed by atoms with Gasteiger partial charge in [-0.3, -0.25) is 4.79 Å². The van der Waals surface area contributed by atoms with E-state index in [0.717, 1.165) is 47.6 Å². The smallest absolute Gasteiger partial charge is 0.231 e. The summed E-state index contributed by atoms with van der Waals surface area (Å²) < 4.78 is 10.7. The number of anilines is 1. The third-order valence-electron chi connectivity index (χ3n) is 6.00. The zero-order valence-corrected chi connectivity index (χ0v) is 18.1. The van der Waals surface area contributed by atoms with Crippen LogP contribution in [0.3, 0.4) is 0 Å². The molecule has 2 aliphatic heterocycles. The first kappa shape index (κ1) is 20.3. The van der Waals surface area contributed by atoms with Crippen molar-refractivity contribution >= 4 is 11.9 Å². The highest BCUT2D eigenvalue weighted by molar-refractivity contribution is 5.79. The van der Waals surface area contributed by atoms with E-state index in [2.05, 4.69) is 51.4 Å². The standard InChI is InChI=1S/C25H26N4O3/c1-17-4-7-19(8-5-17)21-13-27-25(28-14-21)29-10-2-3-20(15-29)24(30)26-12-18-6-9-22-23(11-18)32-16-31-22/h4-9,11,13-14,20H,2-3,10,12,15-16H2,1H3,(H,26,30)/t20-/m1/s1. The maximum absolute atomic E-state index is 12.8. The number of carbonyl (C=O) groups is 1. The first-order valence-electron chi connectivity index (χ1n) is 11.0. The molecule has 7 nitrogen and oxygen atoms in total. The maximum atomic E-state index is 12.8. The molecule has 7 heteroatoms. The number of ether oxygens (including phenoxy) is 2. The van der Waals surface area contributed by atoms with Gasteiger partial charge >= 0.3 is 0 Å². The molecule has 1 saturated heterocycles. The molecular formula is C25H26N4O3. The second kappa shape index (κ2) is 8.86. The van der Waals surface area contributed by atoms with E-state index in [9.17, 15) is 4.79 Å². The number of fused-ring (bicyclic) bond motifs is 1. The third-order valence-corrected chi connectivity index (χ3v) is 6.00. The number of rotatable bonds is 5. The number of aromatic nitrogens is 2. The van der Waals surface area contributed by atoms with Crippen molar-refractivity contribution in [2.75, 3.05) is 24.8 Å². The van der Waals surface area contributed by atoms with E-state index in [1.807, 2.05) is 30.6 Å². The van der Waals surface area contributed by atoms with Gasteiger partial charge in [-0.2, -0.15) is 0 Å². The lowest BCUT2D eigenvalue weighted by Crippen LogP contribution is -2.43. The highest BCUT2D eigenvalue weighted by Gasteiger charge is 2.27. The van der Waals surface area contributed by atoms with Crippen LogP contribution in [0.5, 0.6) is 11.5 Å². The lowest BCUT2D eigenvalue weighted by molar-refractivity contribution is -0.125. The van der Waals surface area contributed by atoms with Crippen LogP contribution >= 0.6 is 0 Å². The quantitative estimate of drug-likeness (QED) is 0.665. The molecule has 1 amide bonds. The van der Waals surface area contributed by atoms with Gasteiger partial charge in [0.05, 0.1) is 5.92 Å². The predicted molar refractivity (Wildman–Crippen MR) is 122 cm³/mol. The van der Waals surface area contributed by atoms with Crippen molar-refractivity contribution in [2.45, 2.75) is 26.3 Å². The van der Waals surface area contributed by atoms with Gasteiger partial charge in [0.1, 0.15) is 0 Å². The molecule has 1 fully saturated rings. The number of aryl methyl sites for hydroxylation is 1. The molecule has 1 aromatic heterocycles. The van der Waals surface area contributed by atoms with Crippen LogP contribution in [0.1, 0.15) is 24.0 Å². The molecule has 1 N–H and O–H groups in total.